The Bertz CT molecular complexity index is 162. The van der Waals surface area contributed by atoms with Gasteiger partial charge >= 0.3 is 17.8 Å². The van der Waals surface area contributed by atoms with Gasteiger partial charge < -0.3 is 10.5 Å². The Kier molecular flexibility index (Phi) is 2.37. The third kappa shape index (κ3) is 3.22. The summed E-state index contributed by atoms with van der Waals surface area (Å²) in [6.45, 7) is 1.00. The van der Waals surface area contributed by atoms with Crippen LogP contribution >= 0.6 is 0 Å². The van der Waals surface area contributed by atoms with Crippen LogP contribution < -0.4 is 5.73 Å². The van der Waals surface area contributed by atoms with E-state index in [0.717, 1.165) is 6.92 Å². The first-order valence-corrected chi connectivity index (χ1v) is 2.06. The molecule has 0 aliphatic rings. The van der Waals surface area contributed by atoms with Crippen LogP contribution in [-0.2, 0) is 19.1 Å². The second kappa shape index (κ2) is 2.81. The molecule has 0 aromatic rings. The maximum Gasteiger partial charge on any atom is 0.404 e. The second-order valence-corrected chi connectivity index (χ2v) is 1.25. The predicted octanol–water partition coefficient (Wildman–Crippen LogP) is -1.44. The third-order valence-electron chi connectivity index (χ3n) is 0.438. The number of rotatable bonds is 0. The summed E-state index contributed by atoms with van der Waals surface area (Å²) >= 11 is 0. The summed E-state index contributed by atoms with van der Waals surface area (Å²) < 4.78 is 3.76. The molecular weight excluding hydrogens is 126 g/mol. The van der Waals surface area contributed by atoms with E-state index in [4.69, 9.17) is 0 Å². The van der Waals surface area contributed by atoms with Gasteiger partial charge in [-0.05, 0) is 0 Å². The Morgan fingerprint density at radius 1 is 1.33 bits per heavy atom. The minimum Gasteiger partial charge on any atom is -0.386 e. The first-order chi connectivity index (χ1) is 4.04. The fourth-order valence-electron chi connectivity index (χ4n) is 0.181. The van der Waals surface area contributed by atoms with Crippen LogP contribution in [0.5, 0.6) is 0 Å². The van der Waals surface area contributed by atoms with Crippen LogP contribution in [0.3, 0.4) is 0 Å². The number of ether oxygens (including phenoxy) is 1. The maximum absolute atomic E-state index is 10.0. The van der Waals surface area contributed by atoms with E-state index in [1.165, 1.54) is 0 Å². The average molecular weight is 131 g/mol. The van der Waals surface area contributed by atoms with Crippen molar-refractivity contribution in [3.8, 4) is 0 Å². The number of hydrogen-bond acceptors (Lipinski definition) is 4. The van der Waals surface area contributed by atoms with Crippen LogP contribution in [0.1, 0.15) is 6.92 Å². The van der Waals surface area contributed by atoms with E-state index < -0.39 is 17.8 Å². The summed E-state index contributed by atoms with van der Waals surface area (Å²) in [6, 6.07) is 0. The lowest BCUT2D eigenvalue weighted by atomic mass is 10.6. The molecule has 0 aromatic heterocycles. The molecule has 0 unspecified atom stereocenters. The maximum atomic E-state index is 10.0. The molecule has 0 radical (unpaired) electrons. The number of hydrogen-bond donors (Lipinski definition) is 1. The van der Waals surface area contributed by atoms with Gasteiger partial charge in [0.25, 0.3) is 0 Å². The Hall–Kier alpha value is -1.39. The minimum absolute atomic E-state index is 0.848. The van der Waals surface area contributed by atoms with Crippen molar-refractivity contribution in [1.82, 2.24) is 0 Å². The van der Waals surface area contributed by atoms with Gasteiger partial charge in [0.15, 0.2) is 0 Å². The van der Waals surface area contributed by atoms with Crippen LogP contribution in [-0.4, -0.2) is 17.8 Å². The van der Waals surface area contributed by atoms with E-state index in [1.807, 2.05) is 0 Å². The SMILES string of the molecule is CC(=O)OC(=O)C(N)=O. The summed E-state index contributed by atoms with van der Waals surface area (Å²) in [5.74, 6) is -3.45. The van der Waals surface area contributed by atoms with E-state index in [-0.39, 0.29) is 0 Å². The van der Waals surface area contributed by atoms with Crippen molar-refractivity contribution in [3.63, 3.8) is 0 Å². The molecule has 0 spiro atoms. The molecule has 0 fully saturated rings. The fourth-order valence-corrected chi connectivity index (χ4v) is 0.181. The van der Waals surface area contributed by atoms with Crippen molar-refractivity contribution >= 4 is 17.8 Å². The molecule has 0 heterocycles. The Morgan fingerprint density at radius 3 is 1.89 bits per heavy atom. The fraction of sp³-hybridized carbons (Fsp3) is 0.250. The standard InChI is InChI=1S/C4H5NO4/c1-2(6)9-4(8)3(5)7/h1H3,(H2,5,7). The van der Waals surface area contributed by atoms with Crippen molar-refractivity contribution < 1.29 is 19.1 Å². The van der Waals surface area contributed by atoms with Crippen LogP contribution in [0.4, 0.5) is 0 Å². The van der Waals surface area contributed by atoms with E-state index >= 15 is 0 Å². The van der Waals surface area contributed by atoms with Crippen LogP contribution in [0.15, 0.2) is 0 Å². The number of amides is 1. The zero-order valence-corrected chi connectivity index (χ0v) is 4.71. The molecule has 5 nitrogen and oxygen atoms in total. The van der Waals surface area contributed by atoms with Gasteiger partial charge in [0.05, 0.1) is 0 Å². The lowest BCUT2D eigenvalue weighted by Crippen LogP contribution is -2.26. The zero-order valence-electron chi connectivity index (χ0n) is 4.71. The van der Waals surface area contributed by atoms with Gasteiger partial charge in [-0.15, -0.1) is 0 Å². The van der Waals surface area contributed by atoms with Crippen molar-refractivity contribution in [3.05, 3.63) is 0 Å². The Balaban J connectivity index is 3.79. The topological polar surface area (TPSA) is 86.5 Å². The van der Waals surface area contributed by atoms with Gasteiger partial charge in [-0.25, -0.2) is 4.79 Å². The average Bonchev–Trinajstić information content (AvgIpc) is 1.63. The third-order valence-corrected chi connectivity index (χ3v) is 0.438. The van der Waals surface area contributed by atoms with Crippen LogP contribution in [0.25, 0.3) is 0 Å². The molecule has 0 saturated carbocycles. The highest BCUT2D eigenvalue weighted by Gasteiger charge is 2.11. The number of carbonyl (C=O) groups excluding carboxylic acids is 3. The predicted molar refractivity (Wildman–Crippen MR) is 26.0 cm³/mol. The van der Waals surface area contributed by atoms with Gasteiger partial charge in [0, 0.05) is 6.92 Å². The molecule has 0 aliphatic heterocycles. The summed E-state index contributed by atoms with van der Waals surface area (Å²) in [7, 11) is 0. The highest BCUT2D eigenvalue weighted by atomic mass is 16.6. The van der Waals surface area contributed by atoms with Crippen LogP contribution in [0.2, 0.25) is 0 Å². The Labute approximate surface area is 50.8 Å². The smallest absolute Gasteiger partial charge is 0.386 e. The van der Waals surface area contributed by atoms with Gasteiger partial charge in [-0.2, -0.15) is 0 Å². The molecule has 9 heavy (non-hydrogen) atoms. The molecular formula is C4H5NO4. The summed E-state index contributed by atoms with van der Waals surface area (Å²) in [4.78, 5) is 29.8. The molecule has 0 atom stereocenters. The molecule has 2 N–H and O–H groups in total. The molecule has 0 rings (SSSR count). The molecule has 0 bridgehead atoms. The van der Waals surface area contributed by atoms with Crippen molar-refractivity contribution in [2.75, 3.05) is 0 Å². The van der Waals surface area contributed by atoms with Gasteiger partial charge in [0.1, 0.15) is 0 Å². The monoisotopic (exact) mass is 131 g/mol. The summed E-state index contributed by atoms with van der Waals surface area (Å²) in [5.41, 5.74) is 4.42. The normalized spacial score (nSPS) is 8.11. The number of esters is 2. The van der Waals surface area contributed by atoms with Crippen LogP contribution in [0, 0.1) is 0 Å². The second-order valence-electron chi connectivity index (χ2n) is 1.25. The van der Waals surface area contributed by atoms with Gasteiger partial charge in [-0.3, -0.25) is 9.59 Å². The number of primary amides is 1. The number of carbonyl (C=O) groups is 3. The first kappa shape index (κ1) is 7.61. The molecule has 1 amide bonds. The van der Waals surface area contributed by atoms with Crippen molar-refractivity contribution in [2.45, 2.75) is 6.92 Å². The highest BCUT2D eigenvalue weighted by molar-refractivity contribution is 6.33. The Morgan fingerprint density at radius 2 is 1.78 bits per heavy atom. The van der Waals surface area contributed by atoms with E-state index in [1.54, 1.807) is 0 Å². The minimum atomic E-state index is -1.33. The summed E-state index contributed by atoms with van der Waals surface area (Å²) in [5, 5.41) is 0. The zero-order chi connectivity index (χ0) is 7.44. The van der Waals surface area contributed by atoms with Gasteiger partial charge in [-0.1, -0.05) is 0 Å². The lowest BCUT2D eigenvalue weighted by Gasteiger charge is -1.91. The first-order valence-electron chi connectivity index (χ1n) is 2.06. The van der Waals surface area contributed by atoms with Crippen molar-refractivity contribution in [1.29, 1.82) is 0 Å². The summed E-state index contributed by atoms with van der Waals surface area (Å²) in [6.07, 6.45) is 0. The highest BCUT2D eigenvalue weighted by Crippen LogP contribution is 1.76. The molecule has 0 aromatic carbocycles. The lowest BCUT2D eigenvalue weighted by molar-refractivity contribution is -0.162. The molecule has 5 heteroatoms. The van der Waals surface area contributed by atoms with E-state index in [9.17, 15) is 14.4 Å². The molecule has 0 saturated heterocycles. The van der Waals surface area contributed by atoms with Crippen molar-refractivity contribution in [2.24, 2.45) is 5.73 Å². The quantitative estimate of drug-likeness (QED) is 0.248. The molecule has 0 aliphatic carbocycles. The number of nitrogens with two attached hydrogens (primary N) is 1. The van der Waals surface area contributed by atoms with Gasteiger partial charge in [0.2, 0.25) is 0 Å². The van der Waals surface area contributed by atoms with E-state index in [2.05, 4.69) is 10.5 Å². The molecule has 50 valence electrons. The van der Waals surface area contributed by atoms with E-state index in [0.29, 0.717) is 0 Å². The largest absolute Gasteiger partial charge is 0.404 e.